The van der Waals surface area contributed by atoms with Crippen molar-refractivity contribution in [2.75, 3.05) is 4.90 Å². The third-order valence-corrected chi connectivity index (χ3v) is 12.7. The summed E-state index contributed by atoms with van der Waals surface area (Å²) in [6.45, 7) is 0. The van der Waals surface area contributed by atoms with Crippen molar-refractivity contribution in [2.24, 2.45) is 0 Å². The molecule has 12 aromatic rings. The lowest BCUT2D eigenvalue weighted by atomic mass is 9.87. The summed E-state index contributed by atoms with van der Waals surface area (Å²) in [4.78, 5) is 2.41. The molecule has 0 saturated heterocycles. The Balaban J connectivity index is 1.02. The van der Waals surface area contributed by atoms with Gasteiger partial charge in [-0.05, 0) is 109 Å². The molecule has 0 atom stereocenters. The van der Waals surface area contributed by atoms with Crippen LogP contribution in [0.4, 0.5) is 17.1 Å². The number of rotatable bonds is 8. The van der Waals surface area contributed by atoms with Gasteiger partial charge in [-0.1, -0.05) is 206 Å². The van der Waals surface area contributed by atoms with Crippen LogP contribution in [0.15, 0.2) is 253 Å². The molecule has 0 spiro atoms. The van der Waals surface area contributed by atoms with Crippen LogP contribution < -0.4 is 4.90 Å². The number of benzene rings is 11. The zero-order valence-electron chi connectivity index (χ0n) is 35.0. The topological polar surface area (TPSA) is 16.4 Å². The van der Waals surface area contributed by atoms with Gasteiger partial charge in [0.2, 0.25) is 0 Å². The predicted molar refractivity (Wildman–Crippen MR) is 271 cm³/mol. The minimum absolute atomic E-state index is 0.888. The highest BCUT2D eigenvalue weighted by Crippen LogP contribution is 2.46. The Morgan fingerprint density at radius 3 is 1.44 bits per heavy atom. The van der Waals surface area contributed by atoms with Crippen molar-refractivity contribution in [3.05, 3.63) is 249 Å². The summed E-state index contributed by atoms with van der Waals surface area (Å²) in [6.07, 6.45) is 0. The second-order valence-corrected chi connectivity index (χ2v) is 16.4. The third-order valence-electron chi connectivity index (χ3n) is 12.7. The first-order chi connectivity index (χ1) is 31.8. The first-order valence-electron chi connectivity index (χ1n) is 21.9. The van der Waals surface area contributed by atoms with Crippen LogP contribution >= 0.6 is 0 Å². The van der Waals surface area contributed by atoms with Crippen molar-refractivity contribution in [2.45, 2.75) is 0 Å². The SMILES string of the molecule is c1ccc(-c2cccc(-c3ccccc3)c2-c2ccc(N(c3ccc(-c4ccc(-c5ccccc5)c5oc6ccccc6c45)cc3)c3cccc4c3ccc3ccccc34)cc2)cc1. The molecule has 0 aliphatic heterocycles. The van der Waals surface area contributed by atoms with Crippen molar-refractivity contribution in [3.8, 4) is 55.6 Å². The lowest BCUT2D eigenvalue weighted by molar-refractivity contribution is 0.670. The minimum Gasteiger partial charge on any atom is -0.455 e. The molecule has 300 valence electrons. The van der Waals surface area contributed by atoms with Crippen LogP contribution in [0.3, 0.4) is 0 Å². The van der Waals surface area contributed by atoms with Crippen molar-refractivity contribution in [1.82, 2.24) is 0 Å². The van der Waals surface area contributed by atoms with Gasteiger partial charge in [0.05, 0.1) is 5.69 Å². The van der Waals surface area contributed by atoms with Gasteiger partial charge in [-0.3, -0.25) is 0 Å². The van der Waals surface area contributed by atoms with Crippen molar-refractivity contribution < 1.29 is 4.42 Å². The summed E-state index contributed by atoms with van der Waals surface area (Å²) >= 11 is 0. The summed E-state index contributed by atoms with van der Waals surface area (Å²) in [5, 5.41) is 7.14. The normalized spacial score (nSPS) is 11.4. The molecule has 1 aromatic heterocycles. The molecule has 12 rings (SSSR count). The fraction of sp³-hybridized carbons (Fsp3) is 0. The fourth-order valence-corrected chi connectivity index (χ4v) is 9.71. The van der Waals surface area contributed by atoms with E-state index in [9.17, 15) is 0 Å². The van der Waals surface area contributed by atoms with E-state index in [2.05, 4.69) is 248 Å². The maximum Gasteiger partial charge on any atom is 0.143 e. The van der Waals surface area contributed by atoms with Gasteiger partial charge in [0, 0.05) is 33.1 Å². The maximum atomic E-state index is 6.65. The number of nitrogens with zero attached hydrogens (tertiary/aromatic N) is 1. The van der Waals surface area contributed by atoms with Crippen molar-refractivity contribution in [3.63, 3.8) is 0 Å². The number of hydrogen-bond donors (Lipinski definition) is 0. The van der Waals surface area contributed by atoms with Gasteiger partial charge < -0.3 is 9.32 Å². The minimum atomic E-state index is 0.888. The molecular formula is C62H41NO. The Kier molecular flexibility index (Phi) is 9.20. The van der Waals surface area contributed by atoms with Crippen LogP contribution in [0.25, 0.3) is 99.1 Å². The molecule has 0 aliphatic carbocycles. The molecule has 0 N–H and O–H groups in total. The van der Waals surface area contributed by atoms with Gasteiger partial charge in [-0.15, -0.1) is 0 Å². The number of hydrogen-bond acceptors (Lipinski definition) is 2. The van der Waals surface area contributed by atoms with Crippen LogP contribution in [-0.4, -0.2) is 0 Å². The highest BCUT2D eigenvalue weighted by Gasteiger charge is 2.21. The smallest absolute Gasteiger partial charge is 0.143 e. The lowest BCUT2D eigenvalue weighted by Gasteiger charge is -2.28. The van der Waals surface area contributed by atoms with E-state index in [1.54, 1.807) is 0 Å². The molecule has 0 fully saturated rings. The average molecular weight is 816 g/mol. The monoisotopic (exact) mass is 815 g/mol. The largest absolute Gasteiger partial charge is 0.455 e. The van der Waals surface area contributed by atoms with Gasteiger partial charge in [0.15, 0.2) is 0 Å². The second-order valence-electron chi connectivity index (χ2n) is 16.4. The first-order valence-corrected chi connectivity index (χ1v) is 21.9. The number of para-hydroxylation sites is 1. The molecule has 0 aliphatic rings. The number of fused-ring (bicyclic) bond motifs is 6. The molecule has 2 heteroatoms. The van der Waals surface area contributed by atoms with Crippen LogP contribution in [0.5, 0.6) is 0 Å². The quantitative estimate of drug-likeness (QED) is 0.142. The Labute approximate surface area is 372 Å². The van der Waals surface area contributed by atoms with Crippen LogP contribution in [0.1, 0.15) is 0 Å². The Morgan fingerprint density at radius 1 is 0.281 bits per heavy atom. The average Bonchev–Trinajstić information content (AvgIpc) is 3.77. The Bertz CT molecular complexity index is 3570. The van der Waals surface area contributed by atoms with E-state index in [0.29, 0.717) is 0 Å². The summed E-state index contributed by atoms with van der Waals surface area (Å²) in [6, 6.07) is 89.6. The molecule has 2 nitrogen and oxygen atoms in total. The van der Waals surface area contributed by atoms with Gasteiger partial charge in [-0.25, -0.2) is 0 Å². The summed E-state index contributed by atoms with van der Waals surface area (Å²) in [5.41, 5.74) is 16.7. The van der Waals surface area contributed by atoms with E-state index < -0.39 is 0 Å². The standard InChI is InChI=1S/C62H41NO/c1-4-16-42(17-5-1)51-25-14-26-52(43-18-6-2-7-19-43)60(51)47-32-37-49(38-33-47)63(58-28-15-27-55-50-23-11-10-22-45(50)34-39-56(55)58)48-35-30-46(31-36-48)53-40-41-54(44-20-8-3-9-21-44)62-61(53)57-24-12-13-29-59(57)64-62/h1-41H. The highest BCUT2D eigenvalue weighted by atomic mass is 16.3. The van der Waals surface area contributed by atoms with E-state index >= 15 is 0 Å². The van der Waals surface area contributed by atoms with Crippen LogP contribution in [0.2, 0.25) is 0 Å². The lowest BCUT2D eigenvalue weighted by Crippen LogP contribution is -2.10. The second kappa shape index (κ2) is 15.8. The maximum absolute atomic E-state index is 6.65. The molecule has 11 aromatic carbocycles. The van der Waals surface area contributed by atoms with E-state index in [-0.39, 0.29) is 0 Å². The van der Waals surface area contributed by atoms with E-state index in [1.165, 1.54) is 49.4 Å². The molecule has 0 bridgehead atoms. The van der Waals surface area contributed by atoms with Crippen LogP contribution in [-0.2, 0) is 0 Å². The fourth-order valence-electron chi connectivity index (χ4n) is 9.71. The van der Waals surface area contributed by atoms with Crippen LogP contribution in [0, 0.1) is 0 Å². The molecule has 0 amide bonds. The molecule has 0 saturated carbocycles. The van der Waals surface area contributed by atoms with E-state index in [1.807, 2.05) is 6.07 Å². The Hall–Kier alpha value is -8.46. The van der Waals surface area contributed by atoms with E-state index in [0.717, 1.165) is 66.8 Å². The highest BCUT2D eigenvalue weighted by molar-refractivity contribution is 6.17. The van der Waals surface area contributed by atoms with Gasteiger partial charge >= 0.3 is 0 Å². The first kappa shape index (κ1) is 37.3. The van der Waals surface area contributed by atoms with E-state index in [4.69, 9.17) is 4.42 Å². The molecule has 64 heavy (non-hydrogen) atoms. The molecule has 1 heterocycles. The van der Waals surface area contributed by atoms with Gasteiger partial charge in [0.1, 0.15) is 11.2 Å². The summed E-state index contributed by atoms with van der Waals surface area (Å²) in [5.74, 6) is 0. The zero-order chi connectivity index (χ0) is 42.4. The Morgan fingerprint density at radius 2 is 0.781 bits per heavy atom. The van der Waals surface area contributed by atoms with Crippen molar-refractivity contribution >= 4 is 60.5 Å². The predicted octanol–water partition coefficient (Wildman–Crippen LogP) is 17.7. The molecular weight excluding hydrogens is 775 g/mol. The van der Waals surface area contributed by atoms with Gasteiger partial charge in [0.25, 0.3) is 0 Å². The van der Waals surface area contributed by atoms with Gasteiger partial charge in [-0.2, -0.15) is 0 Å². The molecule has 0 radical (unpaired) electrons. The van der Waals surface area contributed by atoms with Crippen molar-refractivity contribution in [1.29, 1.82) is 0 Å². The summed E-state index contributed by atoms with van der Waals surface area (Å²) < 4.78 is 6.65. The third kappa shape index (κ3) is 6.44. The summed E-state index contributed by atoms with van der Waals surface area (Å²) in [7, 11) is 0. The number of furan rings is 1. The number of anilines is 3. The zero-order valence-corrected chi connectivity index (χ0v) is 35.0. The molecule has 0 unspecified atom stereocenters.